The number of nitrogens with zero attached hydrogens (tertiary/aromatic N) is 2. The lowest BCUT2D eigenvalue weighted by Crippen LogP contribution is -2.33. The monoisotopic (exact) mass is 429 g/mol. The largest absolute Gasteiger partial charge is 0.442 e. The third-order valence-corrected chi connectivity index (χ3v) is 4.42. The zero-order valence-electron chi connectivity index (χ0n) is 16.1. The number of hydrogen-bond donors (Lipinski definition) is 3. The minimum atomic E-state index is -0.577. The van der Waals surface area contributed by atoms with E-state index in [1.807, 2.05) is 0 Å². The Morgan fingerprint density at radius 1 is 1.37 bits per heavy atom. The number of anilines is 1. The van der Waals surface area contributed by atoms with Crippen LogP contribution in [-0.4, -0.2) is 42.5 Å². The maximum atomic E-state index is 14.8. The summed E-state index contributed by atoms with van der Waals surface area (Å²) in [5.74, 6) is -0.682. The molecule has 1 aliphatic heterocycles. The molecule has 1 saturated heterocycles. The molecule has 0 unspecified atom stereocenters. The van der Waals surface area contributed by atoms with Gasteiger partial charge < -0.3 is 15.8 Å². The highest BCUT2D eigenvalue weighted by Gasteiger charge is 2.32. The summed E-state index contributed by atoms with van der Waals surface area (Å²) < 4.78 is 20.0. The van der Waals surface area contributed by atoms with Crippen LogP contribution >= 0.6 is 12.2 Å². The number of ether oxygens (including phenoxy) is 1. The molecule has 0 bridgehead atoms. The number of thiocarbonyl (C=S) groups is 1. The van der Waals surface area contributed by atoms with E-state index in [1.54, 1.807) is 42.6 Å². The lowest BCUT2D eigenvalue weighted by Gasteiger charge is -2.14. The van der Waals surface area contributed by atoms with Gasteiger partial charge in [0.25, 0.3) is 0 Å². The topological polar surface area (TPSA) is 109 Å². The Morgan fingerprint density at radius 2 is 2.10 bits per heavy atom. The normalized spacial score (nSPS) is 15.9. The molecule has 2 aromatic carbocycles. The number of hydrogen-bond acceptors (Lipinski definition) is 5. The van der Waals surface area contributed by atoms with Crippen molar-refractivity contribution in [2.75, 3.05) is 18.0 Å². The van der Waals surface area contributed by atoms with Crippen molar-refractivity contribution >= 4 is 41.2 Å². The minimum absolute atomic E-state index is 0.0633. The van der Waals surface area contributed by atoms with Crippen LogP contribution in [0.15, 0.2) is 47.6 Å². The summed E-state index contributed by atoms with van der Waals surface area (Å²) in [6, 6.07) is 11.6. The van der Waals surface area contributed by atoms with Gasteiger partial charge in [0.15, 0.2) is 5.11 Å². The summed E-state index contributed by atoms with van der Waals surface area (Å²) in [6.07, 6.45) is 0.479. The second kappa shape index (κ2) is 9.31. The fourth-order valence-corrected chi connectivity index (χ4v) is 2.97. The molecule has 156 valence electrons. The molecule has 2 amide bonds. The first-order valence-corrected chi connectivity index (χ1v) is 9.45. The molecule has 30 heavy (non-hydrogen) atoms. The number of amides is 2. The number of benzene rings is 2. The highest BCUT2D eigenvalue weighted by molar-refractivity contribution is 7.80. The molecular weight excluding hydrogens is 409 g/mol. The lowest BCUT2D eigenvalue weighted by atomic mass is 10.0. The van der Waals surface area contributed by atoms with Gasteiger partial charge in [0.1, 0.15) is 11.9 Å². The summed E-state index contributed by atoms with van der Waals surface area (Å²) in [4.78, 5) is 24.5. The van der Waals surface area contributed by atoms with Gasteiger partial charge in [-0.05, 0) is 41.5 Å². The Labute approximate surface area is 177 Å². The van der Waals surface area contributed by atoms with Gasteiger partial charge in [0.2, 0.25) is 5.91 Å². The molecule has 0 aromatic heterocycles. The van der Waals surface area contributed by atoms with Crippen molar-refractivity contribution in [1.82, 2.24) is 10.7 Å². The first-order chi connectivity index (χ1) is 14.3. The average Bonchev–Trinajstić information content (AvgIpc) is 3.07. The number of hydrazone groups is 1. The second-order valence-corrected chi connectivity index (χ2v) is 7.01. The molecule has 1 fully saturated rings. The Bertz CT molecular complexity index is 996. The van der Waals surface area contributed by atoms with E-state index in [-0.39, 0.29) is 24.1 Å². The highest BCUT2D eigenvalue weighted by atomic mass is 32.1. The summed E-state index contributed by atoms with van der Waals surface area (Å²) in [7, 11) is 0. The minimum Gasteiger partial charge on any atom is -0.442 e. The van der Waals surface area contributed by atoms with Crippen LogP contribution in [0, 0.1) is 5.82 Å². The van der Waals surface area contributed by atoms with Crippen LogP contribution in [0.25, 0.3) is 11.1 Å². The molecule has 0 aliphatic carbocycles. The first-order valence-electron chi connectivity index (χ1n) is 9.04. The van der Waals surface area contributed by atoms with E-state index in [9.17, 15) is 14.0 Å². The van der Waals surface area contributed by atoms with Crippen LogP contribution in [0.1, 0.15) is 12.5 Å². The van der Waals surface area contributed by atoms with Crippen LogP contribution in [0.2, 0.25) is 0 Å². The predicted molar refractivity (Wildman–Crippen MR) is 116 cm³/mol. The fourth-order valence-electron chi connectivity index (χ4n) is 2.92. The Morgan fingerprint density at radius 3 is 2.73 bits per heavy atom. The predicted octanol–water partition coefficient (Wildman–Crippen LogP) is 2.12. The third kappa shape index (κ3) is 5.29. The summed E-state index contributed by atoms with van der Waals surface area (Å²) in [6.45, 7) is 1.82. The summed E-state index contributed by atoms with van der Waals surface area (Å²) >= 11 is 4.66. The lowest BCUT2D eigenvalue weighted by molar-refractivity contribution is -0.119. The van der Waals surface area contributed by atoms with Crippen LogP contribution in [0.4, 0.5) is 14.9 Å². The van der Waals surface area contributed by atoms with Crippen LogP contribution in [0.3, 0.4) is 0 Å². The molecule has 3 rings (SSSR count). The van der Waals surface area contributed by atoms with E-state index in [0.29, 0.717) is 16.8 Å². The van der Waals surface area contributed by atoms with E-state index in [0.717, 1.165) is 5.56 Å². The standard InChI is InChI=1S/C20H20FN5O3S/c1-12(27)23-10-16-11-26(20(28)29-16)15-6-7-17(18(21)8-15)14-4-2-13(3-5-14)9-24-25-19(22)30/h2-9,16H,10-11H2,1H3,(H,23,27)(H3,22,25,30)/t16-/m0/s1. The zero-order chi connectivity index (χ0) is 21.7. The highest BCUT2D eigenvalue weighted by Crippen LogP contribution is 2.29. The Hall–Kier alpha value is -3.53. The van der Waals surface area contributed by atoms with E-state index in [2.05, 4.69) is 28.1 Å². The van der Waals surface area contributed by atoms with Crippen molar-refractivity contribution in [2.45, 2.75) is 13.0 Å². The third-order valence-electron chi connectivity index (χ3n) is 4.33. The molecule has 8 nitrogen and oxygen atoms in total. The van der Waals surface area contributed by atoms with E-state index in [4.69, 9.17) is 10.5 Å². The number of carbonyl (C=O) groups is 2. The van der Waals surface area contributed by atoms with Gasteiger partial charge in [-0.25, -0.2) is 9.18 Å². The SMILES string of the molecule is CC(=O)NC[C@H]1CN(c2ccc(-c3ccc(C=NNC(N)=S)cc3)c(F)c2)C(=O)O1. The Balaban J connectivity index is 1.71. The summed E-state index contributed by atoms with van der Waals surface area (Å²) in [5, 5.41) is 6.53. The molecule has 1 heterocycles. The van der Waals surface area contributed by atoms with Gasteiger partial charge in [-0.1, -0.05) is 24.3 Å². The number of nitrogens with one attached hydrogen (secondary N) is 2. The molecule has 2 aromatic rings. The smallest absolute Gasteiger partial charge is 0.414 e. The Kier molecular flexibility index (Phi) is 6.58. The van der Waals surface area contributed by atoms with Crippen molar-refractivity contribution in [3.8, 4) is 11.1 Å². The van der Waals surface area contributed by atoms with Gasteiger partial charge in [-0.2, -0.15) is 5.10 Å². The van der Waals surface area contributed by atoms with Gasteiger partial charge >= 0.3 is 6.09 Å². The van der Waals surface area contributed by atoms with Gasteiger partial charge in [0.05, 0.1) is 25.0 Å². The van der Waals surface area contributed by atoms with Crippen molar-refractivity contribution < 1.29 is 18.7 Å². The summed E-state index contributed by atoms with van der Waals surface area (Å²) in [5.41, 5.74) is 9.98. The maximum Gasteiger partial charge on any atom is 0.414 e. The molecule has 1 aliphatic rings. The molecule has 4 N–H and O–H groups in total. The zero-order valence-corrected chi connectivity index (χ0v) is 16.9. The quantitative estimate of drug-likeness (QED) is 0.369. The van der Waals surface area contributed by atoms with E-state index >= 15 is 0 Å². The maximum absolute atomic E-state index is 14.8. The molecule has 1 atom stereocenters. The van der Waals surface area contributed by atoms with Crippen LogP contribution < -0.4 is 21.4 Å². The van der Waals surface area contributed by atoms with E-state index in [1.165, 1.54) is 17.9 Å². The van der Waals surface area contributed by atoms with Crippen molar-refractivity contribution in [1.29, 1.82) is 0 Å². The average molecular weight is 429 g/mol. The molecule has 0 saturated carbocycles. The molecule has 0 spiro atoms. The molecule has 0 radical (unpaired) electrons. The van der Waals surface area contributed by atoms with Gasteiger partial charge in [-0.15, -0.1) is 0 Å². The van der Waals surface area contributed by atoms with Crippen molar-refractivity contribution in [3.63, 3.8) is 0 Å². The first kappa shape index (κ1) is 21.2. The number of nitrogens with two attached hydrogens (primary N) is 1. The van der Waals surface area contributed by atoms with Gasteiger partial charge in [-0.3, -0.25) is 15.1 Å². The molecular formula is C20H20FN5O3S. The van der Waals surface area contributed by atoms with Crippen LogP contribution in [0.5, 0.6) is 0 Å². The van der Waals surface area contributed by atoms with Crippen molar-refractivity contribution in [2.24, 2.45) is 10.8 Å². The van der Waals surface area contributed by atoms with E-state index < -0.39 is 18.0 Å². The van der Waals surface area contributed by atoms with Crippen molar-refractivity contribution in [3.05, 3.63) is 53.8 Å². The van der Waals surface area contributed by atoms with Gasteiger partial charge in [0, 0.05) is 12.5 Å². The fraction of sp³-hybridized carbons (Fsp3) is 0.200. The number of halogens is 1. The number of rotatable bonds is 6. The molecule has 10 heteroatoms. The number of carbonyl (C=O) groups excluding carboxylic acids is 2. The number of cyclic esters (lactones) is 1. The second-order valence-electron chi connectivity index (χ2n) is 6.57. The van der Waals surface area contributed by atoms with Crippen LogP contribution in [-0.2, 0) is 9.53 Å².